The second kappa shape index (κ2) is 3.75. The molecule has 0 saturated carbocycles. The van der Waals surface area contributed by atoms with E-state index < -0.39 is 4.92 Å². The number of hydrogen-bond acceptors (Lipinski definition) is 2. The Balaban J connectivity index is 3.34. The Hall–Kier alpha value is -1.09. The van der Waals surface area contributed by atoms with Crippen LogP contribution in [0, 0.1) is 10.1 Å². The van der Waals surface area contributed by atoms with E-state index in [1.807, 2.05) is 13.8 Å². The molecule has 70 valence electrons. The van der Waals surface area contributed by atoms with Crippen molar-refractivity contribution in [3.8, 4) is 0 Å². The molecule has 0 atom stereocenters. The fourth-order valence-corrected chi connectivity index (χ4v) is 1.64. The van der Waals surface area contributed by atoms with Crippen LogP contribution in [0.2, 0.25) is 5.02 Å². The molecule has 0 aliphatic heterocycles. The lowest BCUT2D eigenvalue weighted by atomic mass is 10.0. The Morgan fingerprint density at radius 3 is 2.46 bits per heavy atom. The Kier molecular flexibility index (Phi) is 2.88. The molecular weight excluding hydrogens is 190 g/mol. The van der Waals surface area contributed by atoms with Crippen LogP contribution < -0.4 is 0 Å². The van der Waals surface area contributed by atoms with E-state index in [0.29, 0.717) is 10.6 Å². The lowest BCUT2D eigenvalue weighted by molar-refractivity contribution is -0.385. The molecule has 1 rings (SSSR count). The van der Waals surface area contributed by atoms with Crippen LogP contribution in [0.25, 0.3) is 0 Å². The maximum absolute atomic E-state index is 10.6. The van der Waals surface area contributed by atoms with Crippen LogP contribution in [0.5, 0.6) is 0 Å². The lowest BCUT2D eigenvalue weighted by Crippen LogP contribution is -1.97. The lowest BCUT2D eigenvalue weighted by Gasteiger charge is -2.07. The minimum Gasteiger partial charge on any atom is -0.258 e. The highest BCUT2D eigenvalue weighted by molar-refractivity contribution is 6.31. The summed E-state index contributed by atoms with van der Waals surface area (Å²) in [5.74, 6) is 0.0640. The van der Waals surface area contributed by atoms with Crippen molar-refractivity contribution in [3.05, 3.63) is 38.9 Å². The van der Waals surface area contributed by atoms with Gasteiger partial charge in [-0.15, -0.1) is 0 Å². The first-order valence-corrected chi connectivity index (χ1v) is 4.34. The van der Waals surface area contributed by atoms with E-state index in [9.17, 15) is 10.1 Å². The maximum atomic E-state index is 10.6. The quantitative estimate of drug-likeness (QED) is 0.541. The predicted octanol–water partition coefficient (Wildman–Crippen LogP) is 3.37. The third-order valence-corrected chi connectivity index (χ3v) is 2.13. The zero-order valence-corrected chi connectivity index (χ0v) is 8.21. The van der Waals surface area contributed by atoms with Crippen LogP contribution in [0.3, 0.4) is 0 Å². The van der Waals surface area contributed by atoms with Crippen molar-refractivity contribution < 1.29 is 4.92 Å². The van der Waals surface area contributed by atoms with Gasteiger partial charge in [-0.05, 0) is 12.0 Å². The number of benzene rings is 1. The predicted molar refractivity (Wildman–Crippen MR) is 52.2 cm³/mol. The van der Waals surface area contributed by atoms with Crippen LogP contribution in [0.1, 0.15) is 25.3 Å². The normalized spacial score (nSPS) is 10.5. The van der Waals surface area contributed by atoms with Crippen molar-refractivity contribution in [1.82, 2.24) is 0 Å². The summed E-state index contributed by atoms with van der Waals surface area (Å²) >= 11 is 5.86. The number of nitro benzene ring substituents is 1. The zero-order valence-electron chi connectivity index (χ0n) is 7.45. The summed E-state index contributed by atoms with van der Waals surface area (Å²) in [6, 6.07) is 4.73. The minimum absolute atomic E-state index is 0.0640. The Morgan fingerprint density at radius 1 is 1.46 bits per heavy atom. The van der Waals surface area contributed by atoms with E-state index in [-0.39, 0.29) is 11.6 Å². The highest BCUT2D eigenvalue weighted by atomic mass is 35.5. The smallest absolute Gasteiger partial charge is 0.258 e. The number of nitro groups is 1. The van der Waals surface area contributed by atoms with E-state index in [0.717, 1.165) is 0 Å². The van der Waals surface area contributed by atoms with Crippen LogP contribution >= 0.6 is 11.6 Å². The second-order valence-electron chi connectivity index (χ2n) is 3.08. The average molecular weight is 200 g/mol. The molecule has 13 heavy (non-hydrogen) atoms. The van der Waals surface area contributed by atoms with Crippen LogP contribution in [0.4, 0.5) is 5.69 Å². The molecule has 0 saturated heterocycles. The number of halogens is 1. The molecule has 0 N–H and O–H groups in total. The van der Waals surface area contributed by atoms with Crippen molar-refractivity contribution in [3.63, 3.8) is 0 Å². The molecule has 0 amide bonds. The summed E-state index contributed by atoms with van der Waals surface area (Å²) in [4.78, 5) is 10.2. The van der Waals surface area contributed by atoms with Crippen molar-refractivity contribution in [1.29, 1.82) is 0 Å². The summed E-state index contributed by atoms with van der Waals surface area (Å²) < 4.78 is 0. The van der Waals surface area contributed by atoms with Gasteiger partial charge in [-0.3, -0.25) is 10.1 Å². The first kappa shape index (κ1) is 9.99. The van der Waals surface area contributed by atoms with Gasteiger partial charge in [0.05, 0.1) is 15.5 Å². The van der Waals surface area contributed by atoms with Gasteiger partial charge in [0.2, 0.25) is 0 Å². The molecule has 0 aliphatic carbocycles. The minimum atomic E-state index is -0.402. The van der Waals surface area contributed by atoms with E-state index in [4.69, 9.17) is 11.6 Å². The van der Waals surface area contributed by atoms with Gasteiger partial charge in [-0.25, -0.2) is 0 Å². The first-order valence-electron chi connectivity index (χ1n) is 3.97. The Labute approximate surface area is 81.5 Å². The monoisotopic (exact) mass is 199 g/mol. The van der Waals surface area contributed by atoms with Gasteiger partial charge in [0.15, 0.2) is 0 Å². The molecule has 0 radical (unpaired) electrons. The van der Waals surface area contributed by atoms with Gasteiger partial charge in [-0.2, -0.15) is 0 Å². The van der Waals surface area contributed by atoms with E-state index in [2.05, 4.69) is 0 Å². The van der Waals surface area contributed by atoms with Crippen LogP contribution in [0.15, 0.2) is 18.2 Å². The van der Waals surface area contributed by atoms with Crippen molar-refractivity contribution in [2.24, 2.45) is 0 Å². The topological polar surface area (TPSA) is 43.1 Å². The van der Waals surface area contributed by atoms with Gasteiger partial charge < -0.3 is 0 Å². The first-order chi connectivity index (χ1) is 6.04. The largest absolute Gasteiger partial charge is 0.274 e. The average Bonchev–Trinajstić information content (AvgIpc) is 2.02. The molecule has 0 bridgehead atoms. The summed E-state index contributed by atoms with van der Waals surface area (Å²) in [7, 11) is 0. The molecule has 0 aromatic heterocycles. The van der Waals surface area contributed by atoms with Crippen molar-refractivity contribution in [2.75, 3.05) is 0 Å². The molecule has 0 spiro atoms. The fraction of sp³-hybridized carbons (Fsp3) is 0.333. The van der Waals surface area contributed by atoms with Crippen LogP contribution in [-0.2, 0) is 0 Å². The second-order valence-corrected chi connectivity index (χ2v) is 3.49. The summed E-state index contributed by atoms with van der Waals surface area (Å²) in [5, 5.41) is 11.1. The van der Waals surface area contributed by atoms with Gasteiger partial charge in [0.25, 0.3) is 5.69 Å². The van der Waals surface area contributed by atoms with Gasteiger partial charge in [0.1, 0.15) is 0 Å². The summed E-state index contributed by atoms with van der Waals surface area (Å²) in [6.07, 6.45) is 0. The molecule has 1 aromatic carbocycles. The van der Waals surface area contributed by atoms with Gasteiger partial charge in [0, 0.05) is 6.07 Å². The third-order valence-electron chi connectivity index (χ3n) is 1.80. The molecule has 3 nitrogen and oxygen atoms in total. The molecule has 0 fully saturated rings. The zero-order chi connectivity index (χ0) is 10.0. The number of nitrogens with zero attached hydrogens (tertiary/aromatic N) is 1. The number of hydrogen-bond donors (Lipinski definition) is 0. The standard InChI is InChI=1S/C9H10ClNO2/c1-6(2)9-7(10)4-3-5-8(9)11(12)13/h3-6H,1-2H3. The Bertz CT molecular complexity index is 336. The third kappa shape index (κ3) is 1.98. The van der Waals surface area contributed by atoms with Crippen molar-refractivity contribution in [2.45, 2.75) is 19.8 Å². The molecule has 1 aromatic rings. The van der Waals surface area contributed by atoms with Crippen molar-refractivity contribution >= 4 is 17.3 Å². The number of rotatable bonds is 2. The SMILES string of the molecule is CC(C)c1c(Cl)cccc1[N+](=O)[O-]. The summed E-state index contributed by atoms with van der Waals surface area (Å²) in [5.41, 5.74) is 0.705. The molecule has 0 aliphatic rings. The Morgan fingerprint density at radius 2 is 2.08 bits per heavy atom. The molecular formula is C9H10ClNO2. The molecule has 0 unspecified atom stereocenters. The van der Waals surface area contributed by atoms with E-state index >= 15 is 0 Å². The van der Waals surface area contributed by atoms with Crippen LogP contribution in [-0.4, -0.2) is 4.92 Å². The highest BCUT2D eigenvalue weighted by Gasteiger charge is 2.18. The molecule has 0 heterocycles. The fourth-order valence-electron chi connectivity index (χ4n) is 1.26. The van der Waals surface area contributed by atoms with E-state index in [1.54, 1.807) is 12.1 Å². The van der Waals surface area contributed by atoms with Gasteiger partial charge >= 0.3 is 0 Å². The van der Waals surface area contributed by atoms with E-state index in [1.165, 1.54) is 6.07 Å². The highest BCUT2D eigenvalue weighted by Crippen LogP contribution is 2.32. The van der Waals surface area contributed by atoms with Gasteiger partial charge in [-0.1, -0.05) is 31.5 Å². The summed E-state index contributed by atoms with van der Waals surface area (Å²) in [6.45, 7) is 3.77. The maximum Gasteiger partial charge on any atom is 0.274 e. The molecule has 4 heteroatoms.